The Morgan fingerprint density at radius 2 is 1.90 bits per heavy atom. The maximum atomic E-state index is 12.9. The van der Waals surface area contributed by atoms with E-state index in [0.29, 0.717) is 51.9 Å². The van der Waals surface area contributed by atoms with Gasteiger partial charge in [0.1, 0.15) is 0 Å². The number of carbonyl (C=O) groups excluding carboxylic acids is 1. The summed E-state index contributed by atoms with van der Waals surface area (Å²) in [6.07, 6.45) is 1.71. The molecule has 1 aromatic rings. The van der Waals surface area contributed by atoms with Gasteiger partial charge in [-0.3, -0.25) is 4.79 Å². The predicted octanol–water partition coefficient (Wildman–Crippen LogP) is -0.320. The van der Waals surface area contributed by atoms with E-state index in [0.717, 1.165) is 12.4 Å². The highest BCUT2D eigenvalue weighted by molar-refractivity contribution is 5.82. The molecule has 3 rings (SSSR count). The second kappa shape index (κ2) is 6.31. The molecule has 8 heteroatoms. The summed E-state index contributed by atoms with van der Waals surface area (Å²) < 4.78 is 23.7. The summed E-state index contributed by atoms with van der Waals surface area (Å²) in [5.41, 5.74) is 0. The zero-order valence-corrected chi connectivity index (χ0v) is 11.6. The summed E-state index contributed by atoms with van der Waals surface area (Å²) in [6, 6.07) is 0. The second-order valence-electron chi connectivity index (χ2n) is 4.94. The van der Waals surface area contributed by atoms with Crippen LogP contribution in [-0.4, -0.2) is 72.9 Å². The topological polar surface area (TPSA) is 67.8 Å². The van der Waals surface area contributed by atoms with Gasteiger partial charge in [-0.25, -0.2) is 14.4 Å². The van der Waals surface area contributed by atoms with Crippen LogP contribution in [0.5, 0.6) is 0 Å². The first kappa shape index (κ1) is 14.2. The lowest BCUT2D eigenvalue weighted by Crippen LogP contribution is -2.53. The van der Waals surface area contributed by atoms with Gasteiger partial charge in [0.25, 0.3) is 5.91 Å². The molecule has 0 N–H and O–H groups in total. The summed E-state index contributed by atoms with van der Waals surface area (Å²) in [5.74, 6) is -0.0995. The second-order valence-corrected chi connectivity index (χ2v) is 4.94. The van der Waals surface area contributed by atoms with Gasteiger partial charge in [-0.2, -0.15) is 0 Å². The van der Waals surface area contributed by atoms with Gasteiger partial charge in [-0.15, -0.1) is 0 Å². The van der Waals surface area contributed by atoms with E-state index in [4.69, 9.17) is 9.47 Å². The predicted molar refractivity (Wildman–Crippen MR) is 71.3 cm³/mol. The van der Waals surface area contributed by atoms with Crippen LogP contribution in [0.25, 0.3) is 0 Å². The van der Waals surface area contributed by atoms with Crippen molar-refractivity contribution < 1.29 is 18.7 Å². The van der Waals surface area contributed by atoms with Crippen LogP contribution in [-0.2, 0) is 14.3 Å². The molecule has 0 aliphatic carbocycles. The Hall–Kier alpha value is -1.80. The quantitative estimate of drug-likeness (QED) is 0.745. The van der Waals surface area contributed by atoms with E-state index in [2.05, 4.69) is 9.97 Å². The van der Waals surface area contributed by atoms with Crippen molar-refractivity contribution in [2.45, 2.75) is 6.10 Å². The standard InChI is InChI=1S/C13H17FN4O3/c14-10-7-15-13(16-8-10)18-3-6-21-11(9-18)12(19)17-1-4-20-5-2-17/h7-8,11H,1-6,9H2. The molecule has 0 spiro atoms. The van der Waals surface area contributed by atoms with Gasteiger partial charge in [0.15, 0.2) is 11.9 Å². The van der Waals surface area contributed by atoms with Crippen molar-refractivity contribution in [3.8, 4) is 0 Å². The van der Waals surface area contributed by atoms with Gasteiger partial charge in [0.05, 0.1) is 38.8 Å². The monoisotopic (exact) mass is 296 g/mol. The SMILES string of the molecule is O=C(C1CN(c2ncc(F)cn2)CCO1)N1CCOCC1. The lowest BCUT2D eigenvalue weighted by atomic mass is 10.2. The average molecular weight is 296 g/mol. The number of hydrogen-bond acceptors (Lipinski definition) is 6. The highest BCUT2D eigenvalue weighted by atomic mass is 19.1. The Morgan fingerprint density at radius 3 is 2.62 bits per heavy atom. The number of amides is 1. The van der Waals surface area contributed by atoms with Gasteiger partial charge in [0.2, 0.25) is 5.95 Å². The number of anilines is 1. The summed E-state index contributed by atoms with van der Waals surface area (Å²) in [6.45, 7) is 3.67. The molecule has 0 radical (unpaired) electrons. The van der Waals surface area contributed by atoms with E-state index >= 15 is 0 Å². The normalized spacial score (nSPS) is 23.2. The molecule has 2 aliphatic heterocycles. The molecule has 0 aromatic carbocycles. The summed E-state index contributed by atoms with van der Waals surface area (Å²) >= 11 is 0. The smallest absolute Gasteiger partial charge is 0.253 e. The Balaban J connectivity index is 1.64. The van der Waals surface area contributed by atoms with Crippen LogP contribution < -0.4 is 4.90 Å². The van der Waals surface area contributed by atoms with Crippen LogP contribution in [0.1, 0.15) is 0 Å². The molecule has 1 aromatic heterocycles. The van der Waals surface area contributed by atoms with E-state index in [1.54, 1.807) is 4.90 Å². The zero-order valence-electron chi connectivity index (χ0n) is 11.6. The molecule has 114 valence electrons. The fraction of sp³-hybridized carbons (Fsp3) is 0.615. The highest BCUT2D eigenvalue weighted by Crippen LogP contribution is 2.14. The van der Waals surface area contributed by atoms with E-state index in [9.17, 15) is 9.18 Å². The van der Waals surface area contributed by atoms with Crippen molar-refractivity contribution in [2.75, 3.05) is 50.9 Å². The maximum Gasteiger partial charge on any atom is 0.253 e. The molecule has 3 heterocycles. The largest absolute Gasteiger partial charge is 0.378 e. The fourth-order valence-electron chi connectivity index (χ4n) is 2.44. The van der Waals surface area contributed by atoms with Crippen LogP contribution in [0.15, 0.2) is 12.4 Å². The summed E-state index contributed by atoms with van der Waals surface area (Å²) in [4.78, 5) is 23.9. The summed E-state index contributed by atoms with van der Waals surface area (Å²) in [5, 5.41) is 0. The van der Waals surface area contributed by atoms with Crippen molar-refractivity contribution in [3.63, 3.8) is 0 Å². The van der Waals surface area contributed by atoms with Crippen LogP contribution in [0.4, 0.5) is 10.3 Å². The third-order valence-electron chi connectivity index (χ3n) is 3.55. The van der Waals surface area contributed by atoms with Gasteiger partial charge in [-0.05, 0) is 0 Å². The lowest BCUT2D eigenvalue weighted by Gasteiger charge is -2.36. The Kier molecular flexibility index (Phi) is 4.26. The number of ether oxygens (including phenoxy) is 2. The van der Waals surface area contributed by atoms with Crippen molar-refractivity contribution in [3.05, 3.63) is 18.2 Å². The van der Waals surface area contributed by atoms with E-state index in [-0.39, 0.29) is 5.91 Å². The van der Waals surface area contributed by atoms with Crippen LogP contribution in [0.3, 0.4) is 0 Å². The van der Waals surface area contributed by atoms with Gasteiger partial charge < -0.3 is 19.3 Å². The van der Waals surface area contributed by atoms with Gasteiger partial charge in [-0.1, -0.05) is 0 Å². The number of rotatable bonds is 2. The van der Waals surface area contributed by atoms with Crippen molar-refractivity contribution in [1.82, 2.24) is 14.9 Å². The molecule has 7 nitrogen and oxygen atoms in total. The molecule has 1 unspecified atom stereocenters. The Labute approximate surface area is 121 Å². The van der Waals surface area contributed by atoms with Crippen LogP contribution in [0, 0.1) is 5.82 Å². The van der Waals surface area contributed by atoms with Crippen molar-refractivity contribution >= 4 is 11.9 Å². The number of nitrogens with zero attached hydrogens (tertiary/aromatic N) is 4. The van der Waals surface area contributed by atoms with E-state index in [1.165, 1.54) is 0 Å². The summed E-state index contributed by atoms with van der Waals surface area (Å²) in [7, 11) is 0. The minimum Gasteiger partial charge on any atom is -0.378 e. The Morgan fingerprint density at radius 1 is 1.19 bits per heavy atom. The fourth-order valence-corrected chi connectivity index (χ4v) is 2.44. The number of halogens is 1. The third-order valence-corrected chi connectivity index (χ3v) is 3.55. The first-order valence-corrected chi connectivity index (χ1v) is 6.94. The highest BCUT2D eigenvalue weighted by Gasteiger charge is 2.31. The minimum absolute atomic E-state index is 0.0369. The molecule has 2 fully saturated rings. The molecule has 2 saturated heterocycles. The first-order valence-electron chi connectivity index (χ1n) is 6.94. The maximum absolute atomic E-state index is 12.9. The zero-order chi connectivity index (χ0) is 14.7. The van der Waals surface area contributed by atoms with Gasteiger partial charge in [0, 0.05) is 19.6 Å². The molecule has 0 bridgehead atoms. The van der Waals surface area contributed by atoms with Crippen molar-refractivity contribution in [1.29, 1.82) is 0 Å². The van der Waals surface area contributed by atoms with E-state index in [1.807, 2.05) is 4.90 Å². The van der Waals surface area contributed by atoms with Crippen LogP contribution >= 0.6 is 0 Å². The molecule has 0 saturated carbocycles. The van der Waals surface area contributed by atoms with Gasteiger partial charge >= 0.3 is 0 Å². The minimum atomic E-state index is -0.537. The molecular weight excluding hydrogens is 279 g/mol. The number of carbonyl (C=O) groups is 1. The Bertz CT molecular complexity index is 493. The molecule has 1 amide bonds. The first-order chi connectivity index (χ1) is 10.2. The van der Waals surface area contributed by atoms with Crippen molar-refractivity contribution in [2.24, 2.45) is 0 Å². The molecule has 2 aliphatic rings. The van der Waals surface area contributed by atoms with E-state index < -0.39 is 11.9 Å². The number of aromatic nitrogens is 2. The number of hydrogen-bond donors (Lipinski definition) is 0. The van der Waals surface area contributed by atoms with Crippen LogP contribution in [0.2, 0.25) is 0 Å². The number of morpholine rings is 2. The third kappa shape index (κ3) is 3.27. The average Bonchev–Trinajstić information content (AvgIpc) is 2.56. The molecule has 1 atom stereocenters. The molecule has 21 heavy (non-hydrogen) atoms. The lowest BCUT2D eigenvalue weighted by molar-refractivity contribution is -0.148. The molecular formula is C13H17FN4O3.